The van der Waals surface area contributed by atoms with Crippen molar-refractivity contribution in [2.75, 3.05) is 0 Å². The second-order valence-electron chi connectivity index (χ2n) is 9.94. The van der Waals surface area contributed by atoms with Gasteiger partial charge < -0.3 is 0 Å². The maximum Gasteiger partial charge on any atom is 0.100 e. The molecule has 0 aliphatic heterocycles. The van der Waals surface area contributed by atoms with Crippen LogP contribution in [0.1, 0.15) is 0 Å². The largest absolute Gasteiger partial charge is 0.297 e. The van der Waals surface area contributed by atoms with Crippen molar-refractivity contribution < 1.29 is 0 Å². The quantitative estimate of drug-likeness (QED) is 0.182. The first-order valence-electron chi connectivity index (χ1n) is 12.8. The molecule has 0 N–H and O–H groups in total. The Morgan fingerprint density at radius 3 is 1.76 bits per heavy atom. The highest BCUT2D eigenvalue weighted by molar-refractivity contribution is 6.35. The lowest BCUT2D eigenvalue weighted by molar-refractivity contribution is 1.03. The summed E-state index contributed by atoms with van der Waals surface area (Å²) in [7, 11) is 0. The van der Waals surface area contributed by atoms with Gasteiger partial charge >= 0.3 is 0 Å². The van der Waals surface area contributed by atoms with Crippen LogP contribution in [0.2, 0.25) is 0 Å². The Bertz CT molecular complexity index is 2350. The van der Waals surface area contributed by atoms with Crippen molar-refractivity contribution in [3.8, 4) is 11.4 Å². The molecule has 9 aromatic rings. The van der Waals surface area contributed by atoms with Crippen molar-refractivity contribution in [1.82, 2.24) is 19.1 Å². The molecule has 0 aliphatic rings. The van der Waals surface area contributed by atoms with Crippen LogP contribution in [-0.4, -0.2) is 19.1 Å². The predicted molar refractivity (Wildman–Crippen MR) is 157 cm³/mol. The number of rotatable bonds is 2. The van der Waals surface area contributed by atoms with Gasteiger partial charge in [0.1, 0.15) is 12.7 Å². The van der Waals surface area contributed by atoms with Crippen LogP contribution < -0.4 is 0 Å². The zero-order valence-corrected chi connectivity index (χ0v) is 20.3. The third-order valence-electron chi connectivity index (χ3n) is 7.99. The van der Waals surface area contributed by atoms with Gasteiger partial charge in [-0.25, -0.2) is 9.97 Å². The van der Waals surface area contributed by atoms with Gasteiger partial charge in [-0.3, -0.25) is 9.13 Å². The number of nitrogens with zero attached hydrogens (tertiary/aromatic N) is 4. The summed E-state index contributed by atoms with van der Waals surface area (Å²) in [6.45, 7) is 0. The van der Waals surface area contributed by atoms with E-state index in [-0.39, 0.29) is 0 Å². The molecule has 38 heavy (non-hydrogen) atoms. The maximum atomic E-state index is 4.81. The molecule has 0 unspecified atom stereocenters. The third-order valence-corrected chi connectivity index (χ3v) is 7.99. The fraction of sp³-hybridized carbons (Fsp3) is 0. The molecule has 7 aromatic carbocycles. The molecule has 4 nitrogen and oxygen atoms in total. The number of hydrogen-bond acceptors (Lipinski definition) is 2. The second kappa shape index (κ2) is 7.17. The van der Waals surface area contributed by atoms with Gasteiger partial charge in [-0.1, -0.05) is 78.9 Å². The van der Waals surface area contributed by atoms with Crippen molar-refractivity contribution in [3.05, 3.63) is 122 Å². The number of imidazole rings is 2. The molecule has 0 saturated carbocycles. The molecule has 0 amide bonds. The minimum absolute atomic E-state index is 0.976. The van der Waals surface area contributed by atoms with E-state index in [0.717, 1.165) is 33.4 Å². The van der Waals surface area contributed by atoms with Crippen LogP contribution >= 0.6 is 0 Å². The lowest BCUT2D eigenvalue weighted by Gasteiger charge is -2.21. The first kappa shape index (κ1) is 19.9. The molecule has 0 radical (unpaired) electrons. The van der Waals surface area contributed by atoms with E-state index in [1.807, 2.05) is 24.8 Å². The summed E-state index contributed by atoms with van der Waals surface area (Å²) in [6.07, 6.45) is 3.91. The average molecular weight is 485 g/mol. The molecule has 0 bridgehead atoms. The smallest absolute Gasteiger partial charge is 0.100 e. The maximum absolute atomic E-state index is 4.81. The summed E-state index contributed by atoms with van der Waals surface area (Å²) in [5, 5.41) is 10.1. The van der Waals surface area contributed by atoms with Crippen molar-refractivity contribution in [2.45, 2.75) is 0 Å². The average Bonchev–Trinajstić information content (AvgIpc) is 3.60. The molecule has 9 rings (SSSR count). The van der Waals surface area contributed by atoms with Gasteiger partial charge in [0.25, 0.3) is 0 Å². The molecule has 0 aliphatic carbocycles. The Morgan fingerprint density at radius 1 is 0.447 bits per heavy atom. The Balaban J connectivity index is 1.60. The zero-order chi connectivity index (χ0) is 24.8. The molecule has 0 fully saturated rings. The van der Waals surface area contributed by atoms with E-state index in [4.69, 9.17) is 9.97 Å². The first-order valence-corrected chi connectivity index (χ1v) is 12.8. The van der Waals surface area contributed by atoms with Gasteiger partial charge in [-0.15, -0.1) is 0 Å². The van der Waals surface area contributed by atoms with Gasteiger partial charge in [0.2, 0.25) is 0 Å². The molecule has 0 atom stereocenters. The van der Waals surface area contributed by atoms with Crippen molar-refractivity contribution >= 4 is 65.2 Å². The summed E-state index contributed by atoms with van der Waals surface area (Å²) in [5.41, 5.74) is 6.31. The summed E-state index contributed by atoms with van der Waals surface area (Å²) in [4.78, 5) is 9.57. The highest BCUT2D eigenvalue weighted by Gasteiger charge is 2.22. The number of benzene rings is 7. The Hall–Kier alpha value is -5.22. The Morgan fingerprint density at radius 2 is 1.03 bits per heavy atom. The monoisotopic (exact) mass is 484 g/mol. The van der Waals surface area contributed by atoms with Crippen LogP contribution in [0, 0.1) is 0 Å². The summed E-state index contributed by atoms with van der Waals surface area (Å²) < 4.78 is 4.49. The van der Waals surface area contributed by atoms with Gasteiger partial charge in [0, 0.05) is 5.39 Å². The minimum atomic E-state index is 0.976. The molecule has 2 aromatic heterocycles. The van der Waals surface area contributed by atoms with Crippen LogP contribution in [0.3, 0.4) is 0 Å². The van der Waals surface area contributed by atoms with Crippen LogP contribution in [0.15, 0.2) is 122 Å². The summed E-state index contributed by atoms with van der Waals surface area (Å²) in [5.74, 6) is 0. The molecule has 4 heteroatoms. The van der Waals surface area contributed by atoms with E-state index in [9.17, 15) is 0 Å². The van der Waals surface area contributed by atoms with Crippen LogP contribution in [-0.2, 0) is 0 Å². The van der Waals surface area contributed by atoms with E-state index >= 15 is 0 Å². The third kappa shape index (κ3) is 2.49. The van der Waals surface area contributed by atoms with Crippen molar-refractivity contribution in [2.24, 2.45) is 0 Å². The highest BCUT2D eigenvalue weighted by Crippen LogP contribution is 2.45. The number of fused-ring (bicyclic) bond motifs is 4. The molecular weight excluding hydrogens is 464 g/mol. The SMILES string of the molecule is c1ccc2c(c1)ncn2-c1cc2cccc3c4cccc5cccc(c(c1-n1cnc6ccccc61)c23)c54. The van der Waals surface area contributed by atoms with E-state index in [1.165, 1.54) is 43.1 Å². The van der Waals surface area contributed by atoms with Crippen molar-refractivity contribution in [1.29, 1.82) is 0 Å². The fourth-order valence-corrected chi connectivity index (χ4v) is 6.41. The predicted octanol–water partition coefficient (Wildman–Crippen LogP) is 8.41. The Kier molecular flexibility index (Phi) is 3.76. The van der Waals surface area contributed by atoms with E-state index in [0.29, 0.717) is 0 Å². The Labute approximate surface area is 217 Å². The number of para-hydroxylation sites is 4. The number of hydrogen-bond donors (Lipinski definition) is 0. The minimum Gasteiger partial charge on any atom is -0.297 e. The summed E-state index contributed by atoms with van der Waals surface area (Å²) in [6, 6.07) is 39.0. The van der Waals surface area contributed by atoms with Crippen molar-refractivity contribution in [3.63, 3.8) is 0 Å². The molecular formula is C34H20N4. The van der Waals surface area contributed by atoms with E-state index < -0.39 is 0 Å². The lowest BCUT2D eigenvalue weighted by atomic mass is 9.88. The molecule has 176 valence electrons. The van der Waals surface area contributed by atoms with Gasteiger partial charge in [0.05, 0.1) is 33.4 Å². The standard InChI is InChI=1S/C34H20N4/c1-3-16-28-26(14-1)35-19-37(28)30-18-22-10-7-12-24-23-11-5-8-21-9-6-13-25(31(21)23)33(32(22)24)34(30)38-20-36-27-15-2-4-17-29(27)38/h1-20H. The van der Waals surface area contributed by atoms with Crippen LogP contribution in [0.5, 0.6) is 0 Å². The molecule has 0 spiro atoms. The van der Waals surface area contributed by atoms with Gasteiger partial charge in [0.15, 0.2) is 0 Å². The topological polar surface area (TPSA) is 35.6 Å². The first-order chi connectivity index (χ1) is 18.9. The van der Waals surface area contributed by atoms with Gasteiger partial charge in [-0.2, -0.15) is 0 Å². The van der Waals surface area contributed by atoms with Crippen LogP contribution in [0.4, 0.5) is 0 Å². The van der Waals surface area contributed by atoms with Gasteiger partial charge in [-0.05, 0) is 68.0 Å². The lowest BCUT2D eigenvalue weighted by Crippen LogP contribution is -2.04. The highest BCUT2D eigenvalue weighted by atomic mass is 15.1. The number of aromatic nitrogens is 4. The van der Waals surface area contributed by atoms with Crippen LogP contribution in [0.25, 0.3) is 76.5 Å². The normalized spacial score (nSPS) is 12.2. The summed E-state index contributed by atoms with van der Waals surface area (Å²) >= 11 is 0. The molecule has 0 saturated heterocycles. The molecule has 2 heterocycles. The zero-order valence-electron chi connectivity index (χ0n) is 20.3. The van der Waals surface area contributed by atoms with E-state index in [2.05, 4.69) is 106 Å². The van der Waals surface area contributed by atoms with E-state index in [1.54, 1.807) is 0 Å². The second-order valence-corrected chi connectivity index (χ2v) is 9.94. The fourth-order valence-electron chi connectivity index (χ4n) is 6.41.